The van der Waals surface area contributed by atoms with Crippen molar-refractivity contribution in [2.45, 2.75) is 31.7 Å². The Morgan fingerprint density at radius 3 is 2.68 bits per heavy atom. The number of nitrogens with zero attached hydrogens (tertiary/aromatic N) is 4. The molecule has 0 spiro atoms. The van der Waals surface area contributed by atoms with E-state index in [9.17, 15) is 9.18 Å². The molecule has 2 aromatic heterocycles. The molecule has 2 heterocycles. The lowest BCUT2D eigenvalue weighted by Gasteiger charge is -2.20. The van der Waals surface area contributed by atoms with Crippen molar-refractivity contribution in [1.82, 2.24) is 24.6 Å². The zero-order chi connectivity index (χ0) is 23.7. The van der Waals surface area contributed by atoms with E-state index in [1.807, 2.05) is 42.1 Å². The highest BCUT2D eigenvalue weighted by Crippen LogP contribution is 2.29. The summed E-state index contributed by atoms with van der Waals surface area (Å²) in [4.78, 5) is 18.1. The van der Waals surface area contributed by atoms with Crippen molar-refractivity contribution in [1.29, 1.82) is 0 Å². The van der Waals surface area contributed by atoms with Crippen LogP contribution in [0, 0.1) is 5.82 Å². The molecule has 1 N–H and O–H groups in total. The van der Waals surface area contributed by atoms with Crippen LogP contribution in [0.5, 0.6) is 5.75 Å². The van der Waals surface area contributed by atoms with Gasteiger partial charge in [0.05, 0.1) is 12.8 Å². The number of fused-ring (bicyclic) bond motifs is 1. The third-order valence-corrected chi connectivity index (χ3v) is 6.29. The van der Waals surface area contributed by atoms with Gasteiger partial charge in [-0.1, -0.05) is 12.1 Å². The van der Waals surface area contributed by atoms with Gasteiger partial charge in [-0.25, -0.2) is 14.1 Å². The molecule has 1 atom stereocenters. The molecule has 5 rings (SSSR count). The zero-order valence-corrected chi connectivity index (χ0v) is 19.2. The fraction of sp³-hybridized carbons (Fsp3) is 0.269. The van der Waals surface area contributed by atoms with Gasteiger partial charge >= 0.3 is 0 Å². The molecule has 4 aromatic rings. The number of methoxy groups -OCH3 is 1. The van der Waals surface area contributed by atoms with E-state index in [0.29, 0.717) is 17.3 Å². The van der Waals surface area contributed by atoms with Crippen LogP contribution in [0.25, 0.3) is 5.69 Å². The summed E-state index contributed by atoms with van der Waals surface area (Å²) in [6.07, 6.45) is 7.19. The molecular weight excluding hydrogens is 433 g/mol. The van der Waals surface area contributed by atoms with E-state index in [4.69, 9.17) is 9.84 Å². The topological polar surface area (TPSA) is 74.0 Å². The Bertz CT molecular complexity index is 1330. The normalized spacial score (nSPS) is 13.9. The lowest BCUT2D eigenvalue weighted by atomic mass is 9.95. The average molecular weight is 460 g/mol. The highest BCUT2D eigenvalue weighted by atomic mass is 19.1. The molecule has 1 amide bonds. The molecule has 2 aromatic carbocycles. The summed E-state index contributed by atoms with van der Waals surface area (Å²) >= 11 is 0. The Morgan fingerprint density at radius 1 is 1.15 bits per heavy atom. The van der Waals surface area contributed by atoms with Crippen molar-refractivity contribution in [3.05, 3.63) is 95.1 Å². The van der Waals surface area contributed by atoms with Crippen molar-refractivity contribution in [2.24, 2.45) is 7.05 Å². The van der Waals surface area contributed by atoms with Crippen molar-refractivity contribution >= 4 is 5.91 Å². The van der Waals surface area contributed by atoms with Gasteiger partial charge < -0.3 is 14.6 Å². The molecule has 8 heteroatoms. The SMILES string of the molecule is COc1cccc(C(NC(=O)c2nn(-c3ccc(F)cc3)c3c2CCCC3)c2nccn2C)c1. The number of hydrogen-bond donors (Lipinski definition) is 1. The highest BCUT2D eigenvalue weighted by molar-refractivity contribution is 5.94. The number of halogens is 1. The maximum Gasteiger partial charge on any atom is 0.272 e. The van der Waals surface area contributed by atoms with Crippen LogP contribution in [0.3, 0.4) is 0 Å². The fourth-order valence-corrected chi connectivity index (χ4v) is 4.55. The van der Waals surface area contributed by atoms with Crippen molar-refractivity contribution in [3.8, 4) is 11.4 Å². The second kappa shape index (κ2) is 9.13. The van der Waals surface area contributed by atoms with Crippen LogP contribution in [0.2, 0.25) is 0 Å². The Morgan fingerprint density at radius 2 is 1.94 bits per heavy atom. The molecule has 7 nitrogen and oxygen atoms in total. The van der Waals surface area contributed by atoms with E-state index in [0.717, 1.165) is 48.2 Å². The minimum absolute atomic E-state index is 0.269. The first-order valence-corrected chi connectivity index (χ1v) is 11.3. The summed E-state index contributed by atoms with van der Waals surface area (Å²) in [5, 5.41) is 7.86. The summed E-state index contributed by atoms with van der Waals surface area (Å²) in [5.41, 5.74) is 3.97. The fourth-order valence-electron chi connectivity index (χ4n) is 4.55. The third kappa shape index (κ3) is 4.07. The van der Waals surface area contributed by atoms with Gasteiger partial charge in [-0.2, -0.15) is 5.10 Å². The van der Waals surface area contributed by atoms with E-state index in [2.05, 4.69) is 10.3 Å². The summed E-state index contributed by atoms with van der Waals surface area (Å²) in [6.45, 7) is 0. The smallest absolute Gasteiger partial charge is 0.272 e. The molecule has 0 radical (unpaired) electrons. The first-order valence-electron chi connectivity index (χ1n) is 11.3. The molecule has 174 valence electrons. The lowest BCUT2D eigenvalue weighted by Crippen LogP contribution is -2.32. The molecule has 1 aliphatic rings. The van der Waals surface area contributed by atoms with Gasteiger partial charge in [-0.3, -0.25) is 4.79 Å². The Hall–Kier alpha value is -3.94. The number of rotatable bonds is 6. The van der Waals surface area contributed by atoms with Gasteiger partial charge in [0.25, 0.3) is 5.91 Å². The number of benzene rings is 2. The summed E-state index contributed by atoms with van der Waals surface area (Å²) in [7, 11) is 3.51. The molecule has 0 fully saturated rings. The number of aromatic nitrogens is 4. The standard InChI is InChI=1S/C26H26FN5O2/c1-31-15-14-28-25(31)23(17-6-5-7-20(16-17)34-2)29-26(33)24-21-8-3-4-9-22(21)32(30-24)19-12-10-18(27)11-13-19/h5-7,10-16,23H,3-4,8-9H2,1-2H3,(H,29,33). The average Bonchev–Trinajstić information content (AvgIpc) is 3.47. The Balaban J connectivity index is 1.54. The monoisotopic (exact) mass is 459 g/mol. The Kier molecular flexibility index (Phi) is 5.88. The van der Waals surface area contributed by atoms with Crippen LogP contribution in [-0.4, -0.2) is 32.3 Å². The van der Waals surface area contributed by atoms with E-state index in [1.165, 1.54) is 12.1 Å². The van der Waals surface area contributed by atoms with Crippen LogP contribution in [-0.2, 0) is 19.9 Å². The summed E-state index contributed by atoms with van der Waals surface area (Å²) < 4.78 is 22.6. The lowest BCUT2D eigenvalue weighted by molar-refractivity contribution is 0.0934. The van der Waals surface area contributed by atoms with E-state index >= 15 is 0 Å². The minimum Gasteiger partial charge on any atom is -0.497 e. The third-order valence-electron chi connectivity index (χ3n) is 6.29. The minimum atomic E-state index is -0.488. The van der Waals surface area contributed by atoms with Gasteiger partial charge in [0.15, 0.2) is 5.69 Å². The van der Waals surface area contributed by atoms with Crippen molar-refractivity contribution < 1.29 is 13.9 Å². The van der Waals surface area contributed by atoms with E-state index in [1.54, 1.807) is 30.1 Å². The van der Waals surface area contributed by atoms with Crippen LogP contribution in [0.15, 0.2) is 60.9 Å². The van der Waals surface area contributed by atoms with Crippen LogP contribution < -0.4 is 10.1 Å². The number of aryl methyl sites for hydroxylation is 1. The predicted octanol–water partition coefficient (Wildman–Crippen LogP) is 4.15. The maximum atomic E-state index is 13.6. The Labute approximate surface area is 197 Å². The molecule has 0 aliphatic heterocycles. The largest absolute Gasteiger partial charge is 0.497 e. The molecular formula is C26H26FN5O2. The second-order valence-electron chi connectivity index (χ2n) is 8.45. The van der Waals surface area contributed by atoms with Crippen LogP contribution >= 0.6 is 0 Å². The number of nitrogens with one attached hydrogen (secondary N) is 1. The van der Waals surface area contributed by atoms with Gasteiger partial charge in [0, 0.05) is 30.7 Å². The first-order chi connectivity index (χ1) is 16.5. The van der Waals surface area contributed by atoms with Crippen LogP contribution in [0.1, 0.15) is 52.0 Å². The van der Waals surface area contributed by atoms with Crippen LogP contribution in [0.4, 0.5) is 4.39 Å². The van der Waals surface area contributed by atoms with Gasteiger partial charge in [0.2, 0.25) is 0 Å². The molecule has 1 aliphatic carbocycles. The summed E-state index contributed by atoms with van der Waals surface area (Å²) in [5.74, 6) is 0.825. The first kappa shape index (κ1) is 21.9. The molecule has 0 saturated heterocycles. The number of ether oxygens (including phenoxy) is 1. The van der Waals surface area contributed by atoms with Gasteiger partial charge in [-0.05, 0) is 67.6 Å². The van der Waals surface area contributed by atoms with Crippen molar-refractivity contribution in [3.63, 3.8) is 0 Å². The molecule has 0 saturated carbocycles. The quantitative estimate of drug-likeness (QED) is 0.470. The summed E-state index contributed by atoms with van der Waals surface area (Å²) in [6, 6.07) is 13.3. The van der Waals surface area contributed by atoms with Crippen molar-refractivity contribution in [2.75, 3.05) is 7.11 Å². The second-order valence-corrected chi connectivity index (χ2v) is 8.45. The molecule has 0 bridgehead atoms. The highest BCUT2D eigenvalue weighted by Gasteiger charge is 2.29. The zero-order valence-electron chi connectivity index (χ0n) is 19.2. The molecule has 34 heavy (non-hydrogen) atoms. The van der Waals surface area contributed by atoms with E-state index in [-0.39, 0.29) is 11.7 Å². The van der Waals surface area contributed by atoms with Gasteiger partial charge in [0.1, 0.15) is 23.4 Å². The predicted molar refractivity (Wildman–Crippen MR) is 126 cm³/mol. The number of carbonyl (C=O) groups excluding carboxylic acids is 1. The maximum absolute atomic E-state index is 13.6. The molecule has 1 unspecified atom stereocenters. The number of imidazole rings is 1. The van der Waals surface area contributed by atoms with E-state index < -0.39 is 6.04 Å². The number of hydrogen-bond acceptors (Lipinski definition) is 4. The number of amides is 1. The van der Waals surface area contributed by atoms with Gasteiger partial charge in [-0.15, -0.1) is 0 Å². The number of carbonyl (C=O) groups is 1.